The summed E-state index contributed by atoms with van der Waals surface area (Å²) in [5.41, 5.74) is 20.2. The fraction of sp³-hybridized carbons (Fsp3) is 0.195. The summed E-state index contributed by atoms with van der Waals surface area (Å²) in [6, 6.07) is 40.4. The molecular weight excluding hydrogens is 625 g/mol. The molecule has 248 valence electrons. The summed E-state index contributed by atoms with van der Waals surface area (Å²) in [5, 5.41) is 7.70. The van der Waals surface area contributed by atoms with Gasteiger partial charge in [0.25, 0.3) is 5.91 Å². The third kappa shape index (κ3) is 8.46. The lowest BCUT2D eigenvalue weighted by atomic mass is 10.1. The number of amides is 1. The quantitative estimate of drug-likeness (QED) is 0.0561. The van der Waals surface area contributed by atoms with E-state index in [2.05, 4.69) is 47.0 Å². The molecule has 6 rings (SSSR count). The lowest BCUT2D eigenvalue weighted by Crippen LogP contribution is -2.31. The third-order valence-corrected chi connectivity index (χ3v) is 9.39. The summed E-state index contributed by atoms with van der Waals surface area (Å²) in [4.78, 5) is 22.2. The molecule has 0 saturated carbocycles. The number of hydrogen-bond donors (Lipinski definition) is 4. The molecule has 1 amide bonds. The summed E-state index contributed by atoms with van der Waals surface area (Å²) in [5.74, 6) is 0.982. The van der Waals surface area contributed by atoms with Gasteiger partial charge in [-0.1, -0.05) is 97.1 Å². The zero-order chi connectivity index (χ0) is 34.2. The van der Waals surface area contributed by atoms with Crippen LogP contribution in [-0.2, 0) is 38.9 Å². The van der Waals surface area contributed by atoms with Gasteiger partial charge in [-0.05, 0) is 71.3 Å². The first-order valence-electron chi connectivity index (χ1n) is 16.7. The molecule has 5 N–H and O–H groups in total. The van der Waals surface area contributed by atoms with Gasteiger partial charge in [-0.15, -0.1) is 12.6 Å². The van der Waals surface area contributed by atoms with Gasteiger partial charge in [-0.25, -0.2) is 4.98 Å². The number of nitrogens with one attached hydrogen (secondary N) is 1. The number of fused-ring (bicyclic) bond motifs is 1. The second-order valence-corrected chi connectivity index (χ2v) is 12.9. The predicted molar refractivity (Wildman–Crippen MR) is 201 cm³/mol. The van der Waals surface area contributed by atoms with Crippen LogP contribution in [0.15, 0.2) is 126 Å². The fourth-order valence-corrected chi connectivity index (χ4v) is 6.39. The maximum Gasteiger partial charge on any atom is 0.254 e. The molecule has 7 nitrogen and oxygen atoms in total. The van der Waals surface area contributed by atoms with E-state index in [1.165, 1.54) is 5.56 Å². The number of nitrogen functional groups attached to an aromatic ring is 1. The van der Waals surface area contributed by atoms with Crippen LogP contribution in [0, 0.1) is 5.41 Å². The highest BCUT2D eigenvalue weighted by Crippen LogP contribution is 2.25. The molecule has 0 spiro atoms. The van der Waals surface area contributed by atoms with E-state index in [1.54, 1.807) is 0 Å². The molecule has 8 heteroatoms. The summed E-state index contributed by atoms with van der Waals surface area (Å²) in [7, 11) is 0. The number of benzene rings is 5. The van der Waals surface area contributed by atoms with Gasteiger partial charge in [0.15, 0.2) is 0 Å². The maximum absolute atomic E-state index is 14.2. The molecule has 1 aromatic heterocycles. The normalized spacial score (nSPS) is 11.1. The van der Waals surface area contributed by atoms with Crippen molar-refractivity contribution in [3.05, 3.63) is 166 Å². The van der Waals surface area contributed by atoms with Crippen molar-refractivity contribution in [2.24, 2.45) is 11.5 Å². The van der Waals surface area contributed by atoms with E-state index >= 15 is 0 Å². The Morgan fingerprint density at radius 1 is 0.755 bits per heavy atom. The Morgan fingerprint density at radius 2 is 1.41 bits per heavy atom. The third-order valence-electron chi connectivity index (χ3n) is 8.95. The van der Waals surface area contributed by atoms with Gasteiger partial charge >= 0.3 is 0 Å². The lowest BCUT2D eigenvalue weighted by molar-refractivity contribution is 0.0741. The van der Waals surface area contributed by atoms with Gasteiger partial charge in [0, 0.05) is 42.1 Å². The van der Waals surface area contributed by atoms with E-state index in [0.717, 1.165) is 63.3 Å². The minimum atomic E-state index is -0.0137. The summed E-state index contributed by atoms with van der Waals surface area (Å²) < 4.78 is 2.24. The highest BCUT2D eigenvalue weighted by atomic mass is 32.1. The highest BCUT2D eigenvalue weighted by Gasteiger charge is 2.20. The second-order valence-electron chi connectivity index (χ2n) is 12.4. The van der Waals surface area contributed by atoms with Crippen LogP contribution in [0.5, 0.6) is 0 Å². The number of carbonyl (C=O) groups is 1. The van der Waals surface area contributed by atoms with Gasteiger partial charge in [0.2, 0.25) is 0 Å². The molecule has 0 aliphatic carbocycles. The number of imidazole rings is 1. The molecule has 49 heavy (non-hydrogen) atoms. The Morgan fingerprint density at radius 3 is 2.12 bits per heavy atom. The predicted octanol–water partition coefficient (Wildman–Crippen LogP) is 7.18. The molecule has 6 aromatic rings. The lowest BCUT2D eigenvalue weighted by Gasteiger charge is -2.23. The van der Waals surface area contributed by atoms with Crippen molar-refractivity contribution in [1.82, 2.24) is 14.5 Å². The Balaban J connectivity index is 1.29. The fourth-order valence-electron chi connectivity index (χ4n) is 6.16. The number of rotatable bonds is 14. The summed E-state index contributed by atoms with van der Waals surface area (Å²) in [6.07, 6.45) is 3.23. The van der Waals surface area contributed by atoms with Crippen molar-refractivity contribution in [2.75, 3.05) is 6.54 Å². The Labute approximate surface area is 293 Å². The van der Waals surface area contributed by atoms with Crippen molar-refractivity contribution >= 4 is 35.4 Å². The molecular formula is C41H42N6OS. The first-order valence-corrected chi connectivity index (χ1v) is 17.1. The molecule has 5 aromatic carbocycles. The zero-order valence-corrected chi connectivity index (χ0v) is 28.5. The molecule has 0 saturated heterocycles. The van der Waals surface area contributed by atoms with E-state index in [4.69, 9.17) is 34.5 Å². The SMILES string of the molecule is N=C(N)c1ccc(CCc2nc3cc(C(=O)N(CCCc4ccccc4)Cc4ccc(CN)cc4)ccc3n2Cc2ccccc2S)cc1. The molecule has 0 unspecified atom stereocenters. The number of nitrogens with zero attached hydrogens (tertiary/aromatic N) is 3. The summed E-state index contributed by atoms with van der Waals surface area (Å²) in [6.45, 7) is 2.25. The largest absolute Gasteiger partial charge is 0.384 e. The standard InChI is InChI=1S/C41H42N6OS/c42-26-31-12-14-32(15-13-31)27-46(24-6-9-29-7-2-1-3-8-29)41(48)34-21-22-37-36(25-34)45-39(47(37)28-35-10-4-5-11-38(35)49)23-18-30-16-19-33(20-17-30)40(43)44/h1-5,7-8,10-17,19-22,25,49H,6,9,18,23-24,26-28,42H2,(H3,43,44). The van der Waals surface area contributed by atoms with Crippen molar-refractivity contribution in [1.29, 1.82) is 5.41 Å². The monoisotopic (exact) mass is 666 g/mol. The van der Waals surface area contributed by atoms with Crippen LogP contribution in [0.4, 0.5) is 0 Å². The van der Waals surface area contributed by atoms with Crippen LogP contribution in [0.2, 0.25) is 0 Å². The minimum absolute atomic E-state index is 0.0137. The van der Waals surface area contributed by atoms with Crippen molar-refractivity contribution in [3.8, 4) is 0 Å². The van der Waals surface area contributed by atoms with Crippen LogP contribution in [0.25, 0.3) is 11.0 Å². The Hall–Kier alpha value is -5.18. The Bertz CT molecular complexity index is 2040. The summed E-state index contributed by atoms with van der Waals surface area (Å²) >= 11 is 4.72. The second kappa shape index (κ2) is 15.8. The number of aromatic nitrogens is 2. The molecule has 1 heterocycles. The first-order chi connectivity index (χ1) is 23.9. The highest BCUT2D eigenvalue weighted by molar-refractivity contribution is 7.80. The van der Waals surface area contributed by atoms with Gasteiger partial charge in [0.1, 0.15) is 11.7 Å². The molecule has 0 bridgehead atoms. The van der Waals surface area contributed by atoms with E-state index < -0.39 is 0 Å². The number of amidine groups is 1. The zero-order valence-electron chi connectivity index (χ0n) is 27.6. The number of nitrogens with two attached hydrogens (primary N) is 2. The van der Waals surface area contributed by atoms with Crippen LogP contribution in [0.3, 0.4) is 0 Å². The number of aryl methyl sites for hydroxylation is 3. The first kappa shape index (κ1) is 33.7. The molecule has 0 aliphatic heterocycles. The minimum Gasteiger partial charge on any atom is -0.384 e. The molecule has 0 atom stereocenters. The van der Waals surface area contributed by atoms with E-state index in [0.29, 0.717) is 43.7 Å². The van der Waals surface area contributed by atoms with Gasteiger partial charge in [-0.2, -0.15) is 0 Å². The van der Waals surface area contributed by atoms with E-state index in [9.17, 15) is 4.79 Å². The average Bonchev–Trinajstić information content (AvgIpc) is 3.48. The smallest absolute Gasteiger partial charge is 0.254 e. The van der Waals surface area contributed by atoms with Gasteiger partial charge < -0.3 is 20.9 Å². The number of carbonyl (C=O) groups excluding carboxylic acids is 1. The molecule has 0 aliphatic rings. The van der Waals surface area contributed by atoms with Gasteiger partial charge in [-0.3, -0.25) is 10.2 Å². The number of hydrogen-bond acceptors (Lipinski definition) is 5. The van der Waals surface area contributed by atoms with Crippen LogP contribution < -0.4 is 11.5 Å². The van der Waals surface area contributed by atoms with E-state index in [-0.39, 0.29) is 11.7 Å². The van der Waals surface area contributed by atoms with Crippen LogP contribution in [-0.4, -0.2) is 32.7 Å². The van der Waals surface area contributed by atoms with Crippen molar-refractivity contribution in [3.63, 3.8) is 0 Å². The maximum atomic E-state index is 14.2. The van der Waals surface area contributed by atoms with Crippen LogP contribution >= 0.6 is 12.6 Å². The Kier molecular flexibility index (Phi) is 10.9. The van der Waals surface area contributed by atoms with Crippen molar-refractivity contribution < 1.29 is 4.79 Å². The topological polar surface area (TPSA) is 114 Å². The number of thiol groups is 1. The van der Waals surface area contributed by atoms with Crippen LogP contribution in [0.1, 0.15) is 56.0 Å². The average molecular weight is 667 g/mol. The van der Waals surface area contributed by atoms with E-state index in [1.807, 2.05) is 83.8 Å². The van der Waals surface area contributed by atoms with Gasteiger partial charge in [0.05, 0.1) is 17.6 Å². The molecule has 0 fully saturated rings. The molecule has 0 radical (unpaired) electrons. The van der Waals surface area contributed by atoms with Crippen molar-refractivity contribution in [2.45, 2.75) is 50.2 Å².